The van der Waals surface area contributed by atoms with Crippen LogP contribution in [0.15, 0.2) is 24.3 Å². The quantitative estimate of drug-likeness (QED) is 0.644. The zero-order valence-electron chi connectivity index (χ0n) is 12.9. The Labute approximate surface area is 125 Å². The third-order valence-electron chi connectivity index (χ3n) is 4.14. The molecule has 1 aliphatic carbocycles. The minimum absolute atomic E-state index is 0.0172. The number of rotatable bonds is 5. The number of benzene rings is 1. The maximum absolute atomic E-state index is 12.1. The van der Waals surface area contributed by atoms with Crippen LogP contribution in [0.3, 0.4) is 0 Å². The van der Waals surface area contributed by atoms with Crippen LogP contribution in [-0.4, -0.2) is 29.9 Å². The molecule has 0 heterocycles. The van der Waals surface area contributed by atoms with E-state index in [1.165, 1.54) is 0 Å². The number of carbonyl (C=O) groups is 2. The first kappa shape index (κ1) is 15.7. The summed E-state index contributed by atoms with van der Waals surface area (Å²) in [4.78, 5) is 23.9. The third kappa shape index (κ3) is 3.70. The normalized spacial score (nSPS) is 16.4. The van der Waals surface area contributed by atoms with Crippen molar-refractivity contribution in [3.8, 4) is 0 Å². The highest BCUT2D eigenvalue weighted by Crippen LogP contribution is 2.44. The predicted molar refractivity (Wildman–Crippen MR) is 81.2 cm³/mol. The lowest BCUT2D eigenvalue weighted by atomic mass is 9.86. The van der Waals surface area contributed by atoms with Gasteiger partial charge in [-0.15, -0.1) is 0 Å². The molecule has 1 aromatic carbocycles. The van der Waals surface area contributed by atoms with E-state index in [1.807, 2.05) is 12.1 Å². The molecule has 1 aliphatic rings. The number of aliphatic hydroxyl groups is 1. The minimum Gasteiger partial charge on any atom is -0.396 e. The van der Waals surface area contributed by atoms with Gasteiger partial charge in [-0.3, -0.25) is 9.59 Å². The van der Waals surface area contributed by atoms with Crippen LogP contribution in [0.2, 0.25) is 0 Å². The first-order valence-electron chi connectivity index (χ1n) is 7.31. The minimum atomic E-state index is -0.599. The Morgan fingerprint density at radius 2 is 1.76 bits per heavy atom. The van der Waals surface area contributed by atoms with E-state index in [2.05, 4.69) is 26.1 Å². The Morgan fingerprint density at radius 3 is 2.19 bits per heavy atom. The summed E-state index contributed by atoms with van der Waals surface area (Å²) < 4.78 is 0. The molecular formula is C17H23NO3. The van der Waals surface area contributed by atoms with E-state index in [0.29, 0.717) is 12.1 Å². The van der Waals surface area contributed by atoms with Crippen LogP contribution in [0, 0.1) is 5.41 Å². The van der Waals surface area contributed by atoms with Gasteiger partial charge in [0, 0.05) is 17.5 Å². The van der Waals surface area contributed by atoms with Gasteiger partial charge in [0.05, 0.1) is 6.61 Å². The lowest BCUT2D eigenvalue weighted by Crippen LogP contribution is -2.36. The molecule has 2 N–H and O–H groups in total. The fourth-order valence-electron chi connectivity index (χ4n) is 2.17. The highest BCUT2D eigenvalue weighted by molar-refractivity contribution is 6.42. The fourth-order valence-corrected chi connectivity index (χ4v) is 2.17. The summed E-state index contributed by atoms with van der Waals surface area (Å²) >= 11 is 0. The molecule has 1 saturated carbocycles. The Bertz CT molecular complexity index is 536. The predicted octanol–water partition coefficient (Wildman–Crippen LogP) is 2.06. The SMILES string of the molecule is CC(C)(C)c1ccc(C(=O)C(=O)NCC2(CO)CC2)cc1. The molecule has 1 aromatic rings. The summed E-state index contributed by atoms with van der Waals surface area (Å²) in [6, 6.07) is 7.16. The summed E-state index contributed by atoms with van der Waals surface area (Å²) in [6.07, 6.45) is 1.80. The van der Waals surface area contributed by atoms with Gasteiger partial charge < -0.3 is 10.4 Å². The van der Waals surface area contributed by atoms with Crippen LogP contribution in [0.1, 0.15) is 49.5 Å². The number of aliphatic hydroxyl groups excluding tert-OH is 1. The molecule has 0 saturated heterocycles. The first-order valence-corrected chi connectivity index (χ1v) is 7.31. The summed E-state index contributed by atoms with van der Waals surface area (Å²) in [6.45, 7) is 6.72. The van der Waals surface area contributed by atoms with E-state index in [0.717, 1.165) is 18.4 Å². The fraction of sp³-hybridized carbons (Fsp3) is 0.529. The van der Waals surface area contributed by atoms with Gasteiger partial charge in [0.2, 0.25) is 5.78 Å². The summed E-state index contributed by atoms with van der Waals surface area (Å²) in [5, 5.41) is 11.8. The van der Waals surface area contributed by atoms with Crippen LogP contribution in [0.4, 0.5) is 0 Å². The molecule has 0 bridgehead atoms. The molecule has 0 atom stereocenters. The second-order valence-electron chi connectivity index (χ2n) is 7.00. The number of carbonyl (C=O) groups excluding carboxylic acids is 2. The highest BCUT2D eigenvalue weighted by atomic mass is 16.3. The molecule has 114 valence electrons. The van der Waals surface area contributed by atoms with Gasteiger partial charge in [-0.2, -0.15) is 0 Å². The number of hydrogen-bond donors (Lipinski definition) is 2. The molecule has 0 spiro atoms. The molecule has 1 amide bonds. The van der Waals surface area contributed by atoms with Crippen molar-refractivity contribution in [1.82, 2.24) is 5.32 Å². The van der Waals surface area contributed by atoms with E-state index < -0.39 is 11.7 Å². The zero-order valence-corrected chi connectivity index (χ0v) is 12.9. The van der Waals surface area contributed by atoms with Crippen molar-refractivity contribution in [2.45, 2.75) is 39.0 Å². The topological polar surface area (TPSA) is 66.4 Å². The molecular weight excluding hydrogens is 266 g/mol. The summed E-state index contributed by atoms with van der Waals surface area (Å²) in [7, 11) is 0. The molecule has 2 rings (SSSR count). The number of ketones is 1. The van der Waals surface area contributed by atoms with Gasteiger partial charge in [0.1, 0.15) is 0 Å². The van der Waals surface area contributed by atoms with Gasteiger partial charge in [0.25, 0.3) is 5.91 Å². The van der Waals surface area contributed by atoms with Gasteiger partial charge in [-0.25, -0.2) is 0 Å². The number of hydrogen-bond acceptors (Lipinski definition) is 3. The number of nitrogens with one attached hydrogen (secondary N) is 1. The molecule has 4 nitrogen and oxygen atoms in total. The lowest BCUT2D eigenvalue weighted by molar-refractivity contribution is -0.117. The number of Topliss-reactive ketones (excluding diaryl/α,β-unsaturated/α-hetero) is 1. The van der Waals surface area contributed by atoms with E-state index in [1.54, 1.807) is 12.1 Å². The van der Waals surface area contributed by atoms with Crippen molar-refractivity contribution >= 4 is 11.7 Å². The largest absolute Gasteiger partial charge is 0.396 e. The average Bonchev–Trinajstić information content (AvgIpc) is 3.24. The van der Waals surface area contributed by atoms with Gasteiger partial charge in [-0.1, -0.05) is 45.0 Å². The lowest BCUT2D eigenvalue weighted by Gasteiger charge is -2.19. The van der Waals surface area contributed by atoms with Gasteiger partial charge in [0.15, 0.2) is 0 Å². The van der Waals surface area contributed by atoms with Crippen LogP contribution < -0.4 is 5.32 Å². The van der Waals surface area contributed by atoms with Crippen LogP contribution in [0.5, 0.6) is 0 Å². The average molecular weight is 289 g/mol. The van der Waals surface area contributed by atoms with Crippen molar-refractivity contribution in [2.75, 3.05) is 13.2 Å². The Balaban J connectivity index is 1.97. The van der Waals surface area contributed by atoms with E-state index in [-0.39, 0.29) is 17.4 Å². The molecule has 0 unspecified atom stereocenters. The second kappa shape index (κ2) is 5.60. The maximum Gasteiger partial charge on any atom is 0.292 e. The molecule has 4 heteroatoms. The van der Waals surface area contributed by atoms with Crippen LogP contribution in [-0.2, 0) is 10.2 Å². The molecule has 0 radical (unpaired) electrons. The van der Waals surface area contributed by atoms with E-state index in [4.69, 9.17) is 0 Å². The molecule has 0 aliphatic heterocycles. The Morgan fingerprint density at radius 1 is 1.19 bits per heavy atom. The van der Waals surface area contributed by atoms with Gasteiger partial charge >= 0.3 is 0 Å². The monoisotopic (exact) mass is 289 g/mol. The second-order valence-corrected chi connectivity index (χ2v) is 7.00. The Kier molecular flexibility index (Phi) is 4.19. The van der Waals surface area contributed by atoms with Crippen LogP contribution in [0.25, 0.3) is 0 Å². The highest BCUT2D eigenvalue weighted by Gasteiger charge is 2.42. The summed E-state index contributed by atoms with van der Waals surface area (Å²) in [5.74, 6) is -1.12. The third-order valence-corrected chi connectivity index (χ3v) is 4.14. The maximum atomic E-state index is 12.1. The standard InChI is InChI=1S/C17H23NO3/c1-16(2,3)13-6-4-12(5-7-13)14(20)15(21)18-10-17(11-19)8-9-17/h4-7,19H,8-11H2,1-3H3,(H,18,21). The van der Waals surface area contributed by atoms with E-state index >= 15 is 0 Å². The molecule has 0 aromatic heterocycles. The van der Waals surface area contributed by atoms with Crippen molar-refractivity contribution in [3.05, 3.63) is 35.4 Å². The van der Waals surface area contributed by atoms with Gasteiger partial charge in [-0.05, 0) is 23.8 Å². The van der Waals surface area contributed by atoms with E-state index in [9.17, 15) is 14.7 Å². The van der Waals surface area contributed by atoms with Crippen molar-refractivity contribution in [3.63, 3.8) is 0 Å². The smallest absolute Gasteiger partial charge is 0.292 e. The first-order chi connectivity index (χ1) is 9.77. The summed E-state index contributed by atoms with van der Waals surface area (Å²) in [5.41, 5.74) is 1.35. The Hall–Kier alpha value is -1.68. The van der Waals surface area contributed by atoms with Crippen molar-refractivity contribution in [2.24, 2.45) is 5.41 Å². The van der Waals surface area contributed by atoms with Crippen molar-refractivity contribution < 1.29 is 14.7 Å². The zero-order chi connectivity index (χ0) is 15.7. The number of amides is 1. The van der Waals surface area contributed by atoms with Crippen LogP contribution >= 0.6 is 0 Å². The van der Waals surface area contributed by atoms with Crippen molar-refractivity contribution in [1.29, 1.82) is 0 Å². The molecule has 1 fully saturated rings. The molecule has 21 heavy (non-hydrogen) atoms.